The Bertz CT molecular complexity index is 1450. The lowest BCUT2D eigenvalue weighted by Gasteiger charge is -2.30. The molecule has 8 nitrogen and oxygen atoms in total. The zero-order chi connectivity index (χ0) is 27.9. The van der Waals surface area contributed by atoms with E-state index in [0.29, 0.717) is 0 Å². The summed E-state index contributed by atoms with van der Waals surface area (Å²) < 4.78 is 94.9. The van der Waals surface area contributed by atoms with E-state index in [1.54, 1.807) is 7.05 Å². The van der Waals surface area contributed by atoms with Gasteiger partial charge in [0.05, 0.1) is 38.0 Å². The van der Waals surface area contributed by atoms with Crippen molar-refractivity contribution in [2.24, 2.45) is 7.05 Å². The predicted molar refractivity (Wildman–Crippen MR) is 121 cm³/mol. The number of rotatable bonds is 7. The first kappa shape index (κ1) is 27.0. The molecule has 0 bridgehead atoms. The highest BCUT2D eigenvalue weighted by molar-refractivity contribution is 5.90. The number of imidazole rings is 1. The molecule has 1 atom stereocenters. The number of hydrogen-bond donors (Lipinski definition) is 1. The van der Waals surface area contributed by atoms with Crippen molar-refractivity contribution < 1.29 is 45.7 Å². The minimum atomic E-state index is -4.70. The van der Waals surface area contributed by atoms with Crippen molar-refractivity contribution in [1.29, 1.82) is 0 Å². The standard InChI is InChI=1S/C24H20F6N4O4/c1-34-12-31-10-18(34)23(35,14-5-7-17(32-9-14)24(28,29)30)13-4-6-16-15(8-13)19(36-2)20(21(33-16)37-3)38-11-22(25,26)27/h4-10,12,35H,11H2,1-3H3. The fourth-order valence-electron chi connectivity index (χ4n) is 3.99. The second-order valence-electron chi connectivity index (χ2n) is 8.15. The molecule has 4 rings (SSSR count). The molecule has 0 aliphatic heterocycles. The molecule has 38 heavy (non-hydrogen) atoms. The molecule has 0 aliphatic carbocycles. The average molecular weight is 542 g/mol. The van der Waals surface area contributed by atoms with Crippen LogP contribution in [0, 0.1) is 0 Å². The van der Waals surface area contributed by atoms with Crippen LogP contribution in [0.1, 0.15) is 22.5 Å². The molecule has 1 unspecified atom stereocenters. The summed E-state index contributed by atoms with van der Waals surface area (Å²) in [7, 11) is 3.97. The van der Waals surface area contributed by atoms with Crippen LogP contribution >= 0.6 is 0 Å². The number of ether oxygens (including phenoxy) is 3. The highest BCUT2D eigenvalue weighted by atomic mass is 19.4. The third kappa shape index (κ3) is 4.90. The Kier molecular flexibility index (Phi) is 6.86. The van der Waals surface area contributed by atoms with Crippen LogP contribution in [0.25, 0.3) is 10.9 Å². The van der Waals surface area contributed by atoms with Gasteiger partial charge >= 0.3 is 12.4 Å². The van der Waals surface area contributed by atoms with Gasteiger partial charge in [-0.2, -0.15) is 26.3 Å². The second-order valence-corrected chi connectivity index (χ2v) is 8.15. The maximum absolute atomic E-state index is 13.1. The van der Waals surface area contributed by atoms with Crippen molar-refractivity contribution in [1.82, 2.24) is 19.5 Å². The van der Waals surface area contributed by atoms with E-state index in [4.69, 9.17) is 14.2 Å². The quantitative estimate of drug-likeness (QED) is 0.341. The molecule has 1 aromatic carbocycles. The summed E-state index contributed by atoms with van der Waals surface area (Å²) >= 11 is 0. The number of aliphatic hydroxyl groups is 1. The van der Waals surface area contributed by atoms with E-state index in [1.807, 2.05) is 0 Å². The minimum Gasteiger partial charge on any atom is -0.492 e. The third-order valence-corrected chi connectivity index (χ3v) is 5.72. The number of halogens is 6. The Morgan fingerprint density at radius 3 is 2.16 bits per heavy atom. The van der Waals surface area contributed by atoms with Gasteiger partial charge in [0.15, 0.2) is 18.0 Å². The first-order chi connectivity index (χ1) is 17.8. The summed E-state index contributed by atoms with van der Waals surface area (Å²) in [5, 5.41) is 12.2. The van der Waals surface area contributed by atoms with Gasteiger partial charge in [-0.15, -0.1) is 0 Å². The van der Waals surface area contributed by atoms with Crippen molar-refractivity contribution >= 4 is 10.9 Å². The average Bonchev–Trinajstić information content (AvgIpc) is 3.31. The number of aryl methyl sites for hydroxylation is 1. The molecule has 4 aromatic rings. The summed E-state index contributed by atoms with van der Waals surface area (Å²) in [6, 6.07) is 6.09. The number of nitrogens with zero attached hydrogens (tertiary/aromatic N) is 4. The Balaban J connectivity index is 1.95. The zero-order valence-corrected chi connectivity index (χ0v) is 20.1. The van der Waals surface area contributed by atoms with E-state index >= 15 is 0 Å². The Morgan fingerprint density at radius 2 is 1.63 bits per heavy atom. The fraction of sp³-hybridized carbons (Fsp3) is 0.292. The van der Waals surface area contributed by atoms with Crippen LogP contribution in [-0.4, -0.2) is 51.6 Å². The molecule has 0 fully saturated rings. The molecule has 0 radical (unpaired) electrons. The van der Waals surface area contributed by atoms with Crippen LogP contribution < -0.4 is 14.2 Å². The van der Waals surface area contributed by atoms with Gasteiger partial charge in [-0.1, -0.05) is 12.1 Å². The minimum absolute atomic E-state index is 0.0255. The number of pyridine rings is 2. The molecule has 0 saturated heterocycles. The van der Waals surface area contributed by atoms with Crippen LogP contribution in [0.2, 0.25) is 0 Å². The lowest BCUT2D eigenvalue weighted by atomic mass is 9.83. The Morgan fingerprint density at radius 1 is 0.921 bits per heavy atom. The first-order valence-electron chi connectivity index (χ1n) is 10.8. The maximum Gasteiger partial charge on any atom is 0.433 e. The summed E-state index contributed by atoms with van der Waals surface area (Å²) in [5.74, 6) is -0.840. The number of fused-ring (bicyclic) bond motifs is 1. The maximum atomic E-state index is 13.1. The van der Waals surface area contributed by atoms with Crippen molar-refractivity contribution in [3.05, 3.63) is 71.6 Å². The summed E-state index contributed by atoms with van der Waals surface area (Å²) in [5.41, 5.74) is -2.76. The molecule has 0 aliphatic rings. The van der Waals surface area contributed by atoms with E-state index in [9.17, 15) is 31.4 Å². The second kappa shape index (κ2) is 9.67. The zero-order valence-electron chi connectivity index (χ0n) is 20.1. The van der Waals surface area contributed by atoms with Crippen LogP contribution in [-0.2, 0) is 18.8 Å². The van der Waals surface area contributed by atoms with Gasteiger partial charge in [-0.25, -0.2) is 9.97 Å². The van der Waals surface area contributed by atoms with E-state index in [0.717, 1.165) is 18.3 Å². The van der Waals surface area contributed by atoms with Gasteiger partial charge in [0.1, 0.15) is 5.69 Å². The van der Waals surface area contributed by atoms with Crippen molar-refractivity contribution in [2.45, 2.75) is 18.0 Å². The van der Waals surface area contributed by atoms with E-state index in [-0.39, 0.29) is 39.4 Å². The molecule has 3 aromatic heterocycles. The number of hydrogen-bond acceptors (Lipinski definition) is 7. The van der Waals surface area contributed by atoms with Crippen molar-refractivity contribution in [2.75, 3.05) is 20.8 Å². The molecular weight excluding hydrogens is 522 g/mol. The van der Waals surface area contributed by atoms with E-state index < -0.39 is 36.0 Å². The lowest BCUT2D eigenvalue weighted by molar-refractivity contribution is -0.153. The number of alkyl halides is 6. The molecule has 3 heterocycles. The first-order valence-corrected chi connectivity index (χ1v) is 10.8. The van der Waals surface area contributed by atoms with Crippen molar-refractivity contribution in [3.8, 4) is 17.4 Å². The smallest absolute Gasteiger partial charge is 0.433 e. The number of benzene rings is 1. The Hall–Kier alpha value is -4.07. The molecule has 202 valence electrons. The fourth-order valence-corrected chi connectivity index (χ4v) is 3.99. The monoisotopic (exact) mass is 542 g/mol. The topological polar surface area (TPSA) is 91.5 Å². The SMILES string of the molecule is COc1nc2ccc(C(O)(c3ccc(C(F)(F)F)nc3)c3cncn3C)cc2c(OC)c1OCC(F)(F)F. The van der Waals surface area contributed by atoms with Gasteiger partial charge in [-0.05, 0) is 23.8 Å². The summed E-state index contributed by atoms with van der Waals surface area (Å²) in [4.78, 5) is 11.7. The van der Waals surface area contributed by atoms with E-state index in [2.05, 4.69) is 15.0 Å². The predicted octanol–water partition coefficient (Wildman–Crippen LogP) is 4.62. The largest absolute Gasteiger partial charge is 0.492 e. The van der Waals surface area contributed by atoms with Crippen molar-refractivity contribution in [3.63, 3.8) is 0 Å². The highest BCUT2D eigenvalue weighted by Gasteiger charge is 2.39. The van der Waals surface area contributed by atoms with Crippen LogP contribution in [0.4, 0.5) is 26.3 Å². The van der Waals surface area contributed by atoms with Crippen LogP contribution in [0.15, 0.2) is 49.1 Å². The number of methoxy groups -OCH3 is 2. The van der Waals surface area contributed by atoms with Gasteiger partial charge in [-0.3, -0.25) is 4.98 Å². The van der Waals surface area contributed by atoms with Crippen LogP contribution in [0.3, 0.4) is 0 Å². The molecular formula is C24H20F6N4O4. The summed E-state index contributed by atoms with van der Waals surface area (Å²) in [6.07, 6.45) is -5.77. The normalized spacial score (nSPS) is 13.8. The molecule has 14 heteroatoms. The lowest BCUT2D eigenvalue weighted by Crippen LogP contribution is -2.31. The third-order valence-electron chi connectivity index (χ3n) is 5.72. The van der Waals surface area contributed by atoms with Gasteiger partial charge in [0, 0.05) is 24.2 Å². The van der Waals surface area contributed by atoms with Gasteiger partial charge < -0.3 is 23.9 Å². The highest BCUT2D eigenvalue weighted by Crippen LogP contribution is 2.45. The molecule has 1 N–H and O–H groups in total. The molecule has 0 amide bonds. The van der Waals surface area contributed by atoms with E-state index in [1.165, 1.54) is 49.5 Å². The number of aromatic nitrogens is 4. The van der Waals surface area contributed by atoms with Crippen LogP contribution in [0.5, 0.6) is 17.4 Å². The van der Waals surface area contributed by atoms with Gasteiger partial charge in [0.2, 0.25) is 5.75 Å². The summed E-state index contributed by atoms with van der Waals surface area (Å²) in [6.45, 7) is -1.65. The molecule has 0 spiro atoms. The molecule has 0 saturated carbocycles. The Labute approximate surface area is 211 Å². The van der Waals surface area contributed by atoms with Gasteiger partial charge in [0.25, 0.3) is 5.88 Å².